The topological polar surface area (TPSA) is 58.6 Å². The maximum atomic E-state index is 13.3. The fourth-order valence-electron chi connectivity index (χ4n) is 4.14. The monoisotopic (exact) mass is 456 g/mol. The molecule has 32 heavy (non-hydrogen) atoms. The highest BCUT2D eigenvalue weighted by Gasteiger charge is 2.30. The lowest BCUT2D eigenvalue weighted by molar-refractivity contribution is -0.143. The molecule has 1 saturated carbocycles. The molecule has 1 atom stereocenters. The Balaban J connectivity index is 1.74. The number of nitrogens with zero attached hydrogens (tertiary/aromatic N) is 1. The third kappa shape index (κ3) is 6.99. The molecule has 3 rings (SSSR count). The van der Waals surface area contributed by atoms with E-state index in [0.717, 1.165) is 36.8 Å². The molecule has 0 spiro atoms. The second kappa shape index (κ2) is 11.9. The fraction of sp³-hybridized carbons (Fsp3) is 0.462. The van der Waals surface area contributed by atoms with E-state index in [0.29, 0.717) is 23.7 Å². The van der Waals surface area contributed by atoms with Gasteiger partial charge in [0.1, 0.15) is 11.8 Å². The van der Waals surface area contributed by atoms with Gasteiger partial charge in [-0.1, -0.05) is 73.7 Å². The highest BCUT2D eigenvalue weighted by Crippen LogP contribution is 2.20. The molecule has 1 fully saturated rings. The van der Waals surface area contributed by atoms with Crippen LogP contribution in [0, 0.1) is 6.92 Å². The average molecular weight is 457 g/mol. The molecule has 0 unspecified atom stereocenters. The van der Waals surface area contributed by atoms with E-state index in [1.54, 1.807) is 29.2 Å². The minimum absolute atomic E-state index is 0.0809. The molecule has 172 valence electrons. The minimum Gasteiger partial charge on any atom is -0.484 e. The fourth-order valence-corrected chi connectivity index (χ4v) is 4.32. The standard InChI is InChI=1S/C26H33ClN2O3/c1-3-24(26(31)28-22-9-5-4-6-10-22)29(17-20-14-12-19(2)13-15-20)25(30)18-32-23-11-7-8-21(27)16-23/h7-8,11-16,22,24H,3-6,9-10,17-18H2,1-2H3,(H,28,31)/t24-/m1/s1. The Morgan fingerprint density at radius 2 is 1.84 bits per heavy atom. The summed E-state index contributed by atoms with van der Waals surface area (Å²) in [6.45, 7) is 4.17. The van der Waals surface area contributed by atoms with Crippen LogP contribution in [-0.4, -0.2) is 35.4 Å². The molecule has 2 aromatic rings. The van der Waals surface area contributed by atoms with Gasteiger partial charge in [-0.05, 0) is 49.9 Å². The molecule has 1 aliphatic carbocycles. The zero-order valence-electron chi connectivity index (χ0n) is 19.0. The molecule has 0 heterocycles. The van der Waals surface area contributed by atoms with Crippen molar-refractivity contribution in [3.8, 4) is 5.75 Å². The van der Waals surface area contributed by atoms with Crippen LogP contribution in [0.2, 0.25) is 5.02 Å². The molecule has 1 aliphatic rings. The number of nitrogens with one attached hydrogen (secondary N) is 1. The number of hydrogen-bond acceptors (Lipinski definition) is 3. The minimum atomic E-state index is -0.548. The molecule has 0 aromatic heterocycles. The summed E-state index contributed by atoms with van der Waals surface area (Å²) in [5.41, 5.74) is 2.13. The van der Waals surface area contributed by atoms with Crippen molar-refractivity contribution in [3.63, 3.8) is 0 Å². The van der Waals surface area contributed by atoms with E-state index >= 15 is 0 Å². The second-order valence-electron chi connectivity index (χ2n) is 8.52. The van der Waals surface area contributed by atoms with Gasteiger partial charge in [-0.15, -0.1) is 0 Å². The quantitative estimate of drug-likeness (QED) is 0.558. The molecule has 2 amide bonds. The lowest BCUT2D eigenvalue weighted by atomic mass is 9.95. The number of ether oxygens (including phenoxy) is 1. The van der Waals surface area contributed by atoms with E-state index < -0.39 is 6.04 Å². The molecular formula is C26H33ClN2O3. The van der Waals surface area contributed by atoms with Crippen LogP contribution in [0.25, 0.3) is 0 Å². The van der Waals surface area contributed by atoms with Crippen LogP contribution in [0.4, 0.5) is 0 Å². The largest absolute Gasteiger partial charge is 0.484 e. The van der Waals surface area contributed by atoms with Crippen molar-refractivity contribution in [1.29, 1.82) is 0 Å². The number of rotatable bonds is 9. The average Bonchev–Trinajstić information content (AvgIpc) is 2.79. The van der Waals surface area contributed by atoms with Gasteiger partial charge in [0.15, 0.2) is 6.61 Å². The Bertz CT molecular complexity index is 894. The third-order valence-electron chi connectivity index (χ3n) is 5.97. The highest BCUT2D eigenvalue weighted by molar-refractivity contribution is 6.30. The van der Waals surface area contributed by atoms with Crippen molar-refractivity contribution >= 4 is 23.4 Å². The molecule has 6 heteroatoms. The van der Waals surface area contributed by atoms with Crippen molar-refractivity contribution in [1.82, 2.24) is 10.2 Å². The van der Waals surface area contributed by atoms with E-state index in [-0.39, 0.29) is 24.5 Å². The van der Waals surface area contributed by atoms with E-state index in [4.69, 9.17) is 16.3 Å². The summed E-state index contributed by atoms with van der Waals surface area (Å²) in [5, 5.41) is 3.74. The van der Waals surface area contributed by atoms with Gasteiger partial charge < -0.3 is 15.0 Å². The van der Waals surface area contributed by atoms with Gasteiger partial charge in [0, 0.05) is 17.6 Å². The Kier molecular flexibility index (Phi) is 8.98. The lowest BCUT2D eigenvalue weighted by Crippen LogP contribution is -2.52. The number of carbonyl (C=O) groups excluding carboxylic acids is 2. The van der Waals surface area contributed by atoms with Crippen molar-refractivity contribution in [2.45, 2.75) is 71.0 Å². The van der Waals surface area contributed by atoms with Crippen LogP contribution >= 0.6 is 11.6 Å². The van der Waals surface area contributed by atoms with E-state index in [1.165, 1.54) is 6.42 Å². The summed E-state index contributed by atoms with van der Waals surface area (Å²) in [5.74, 6) is 0.222. The van der Waals surface area contributed by atoms with Gasteiger partial charge in [-0.25, -0.2) is 0 Å². The summed E-state index contributed by atoms with van der Waals surface area (Å²) in [6, 6.07) is 14.6. The number of benzene rings is 2. The summed E-state index contributed by atoms with van der Waals surface area (Å²) < 4.78 is 5.70. The number of halogens is 1. The van der Waals surface area contributed by atoms with Crippen LogP contribution in [0.15, 0.2) is 48.5 Å². The molecule has 0 bridgehead atoms. The number of amides is 2. The Morgan fingerprint density at radius 3 is 2.50 bits per heavy atom. The normalized spacial score (nSPS) is 15.1. The summed E-state index contributed by atoms with van der Waals surface area (Å²) >= 11 is 6.02. The Morgan fingerprint density at radius 1 is 1.12 bits per heavy atom. The van der Waals surface area contributed by atoms with E-state index in [1.807, 2.05) is 38.1 Å². The molecule has 0 saturated heterocycles. The van der Waals surface area contributed by atoms with Crippen molar-refractivity contribution in [2.24, 2.45) is 0 Å². The predicted octanol–water partition coefficient (Wildman–Crippen LogP) is 5.28. The van der Waals surface area contributed by atoms with Crippen LogP contribution in [0.1, 0.15) is 56.6 Å². The second-order valence-corrected chi connectivity index (χ2v) is 8.96. The summed E-state index contributed by atoms with van der Waals surface area (Å²) in [4.78, 5) is 28.1. The van der Waals surface area contributed by atoms with Gasteiger partial charge in [0.25, 0.3) is 5.91 Å². The highest BCUT2D eigenvalue weighted by atomic mass is 35.5. The summed E-state index contributed by atoms with van der Waals surface area (Å²) in [7, 11) is 0. The van der Waals surface area contributed by atoms with Gasteiger partial charge in [0.2, 0.25) is 5.91 Å². The first-order valence-electron chi connectivity index (χ1n) is 11.5. The Labute approximate surface area is 196 Å². The number of hydrogen-bond donors (Lipinski definition) is 1. The molecule has 5 nitrogen and oxygen atoms in total. The first-order chi connectivity index (χ1) is 15.5. The van der Waals surface area contributed by atoms with Gasteiger partial charge in [-0.3, -0.25) is 9.59 Å². The maximum absolute atomic E-state index is 13.3. The summed E-state index contributed by atoms with van der Waals surface area (Å²) in [6.07, 6.45) is 6.05. The van der Waals surface area contributed by atoms with Crippen LogP contribution in [-0.2, 0) is 16.1 Å². The van der Waals surface area contributed by atoms with Gasteiger partial charge >= 0.3 is 0 Å². The molecule has 0 aliphatic heterocycles. The SMILES string of the molecule is CC[C@H](C(=O)NC1CCCCC1)N(Cc1ccc(C)cc1)C(=O)COc1cccc(Cl)c1. The van der Waals surface area contributed by atoms with Crippen molar-refractivity contribution < 1.29 is 14.3 Å². The molecule has 1 N–H and O–H groups in total. The first kappa shape index (κ1) is 24.1. The van der Waals surface area contributed by atoms with Crippen molar-refractivity contribution in [3.05, 3.63) is 64.7 Å². The van der Waals surface area contributed by atoms with Crippen LogP contribution in [0.5, 0.6) is 5.75 Å². The maximum Gasteiger partial charge on any atom is 0.261 e. The first-order valence-corrected chi connectivity index (χ1v) is 11.9. The number of carbonyl (C=O) groups is 2. The third-order valence-corrected chi connectivity index (χ3v) is 6.20. The number of aryl methyl sites for hydroxylation is 1. The van der Waals surface area contributed by atoms with E-state index in [2.05, 4.69) is 5.32 Å². The van der Waals surface area contributed by atoms with Crippen LogP contribution in [0.3, 0.4) is 0 Å². The predicted molar refractivity (Wildman–Crippen MR) is 128 cm³/mol. The molecule has 0 radical (unpaired) electrons. The van der Waals surface area contributed by atoms with Gasteiger partial charge in [-0.2, -0.15) is 0 Å². The molecular weight excluding hydrogens is 424 g/mol. The zero-order valence-corrected chi connectivity index (χ0v) is 19.7. The lowest BCUT2D eigenvalue weighted by Gasteiger charge is -2.32. The van der Waals surface area contributed by atoms with Crippen LogP contribution < -0.4 is 10.1 Å². The zero-order chi connectivity index (χ0) is 22.9. The Hall–Kier alpha value is -2.53. The smallest absolute Gasteiger partial charge is 0.261 e. The van der Waals surface area contributed by atoms with E-state index in [9.17, 15) is 9.59 Å². The van der Waals surface area contributed by atoms with Gasteiger partial charge in [0.05, 0.1) is 0 Å². The molecule has 2 aromatic carbocycles. The van der Waals surface area contributed by atoms with Crippen molar-refractivity contribution in [2.75, 3.05) is 6.61 Å².